The van der Waals surface area contributed by atoms with Crippen molar-refractivity contribution >= 4 is 34.9 Å². The third kappa shape index (κ3) is 2.87. The van der Waals surface area contributed by atoms with Crippen LogP contribution in [0.2, 0.25) is 5.02 Å². The maximum Gasteiger partial charge on any atom is 0.238 e. The SMILES string of the molecule is O=C(COc1cccc(N2C(=O)[C@@H]3[C@H]4C=C[C@@H]([C@@H]5C[C@@H]45)[C@@H]3C2=O)c1)c1ccc(Cl)cc1. The molecule has 2 amide bonds. The summed E-state index contributed by atoms with van der Waals surface area (Å²) in [5.74, 6) is 1.12. The molecule has 1 aliphatic heterocycles. The van der Waals surface area contributed by atoms with Crippen molar-refractivity contribution in [1.29, 1.82) is 0 Å². The van der Waals surface area contributed by atoms with Gasteiger partial charge in [0, 0.05) is 16.7 Å². The van der Waals surface area contributed by atoms with E-state index in [0.717, 1.165) is 6.42 Å². The van der Waals surface area contributed by atoms with Crippen LogP contribution in [0, 0.1) is 35.5 Å². The van der Waals surface area contributed by atoms with E-state index < -0.39 is 0 Å². The van der Waals surface area contributed by atoms with Gasteiger partial charge in [-0.3, -0.25) is 14.4 Å². The zero-order chi connectivity index (χ0) is 21.3. The van der Waals surface area contributed by atoms with Gasteiger partial charge in [-0.15, -0.1) is 0 Å². The van der Waals surface area contributed by atoms with Crippen LogP contribution in [-0.4, -0.2) is 24.2 Å². The Morgan fingerprint density at radius 3 is 2.26 bits per heavy atom. The largest absolute Gasteiger partial charge is 0.485 e. The molecule has 4 aliphatic carbocycles. The van der Waals surface area contributed by atoms with Gasteiger partial charge in [0.2, 0.25) is 11.8 Å². The Balaban J connectivity index is 1.20. The first-order valence-corrected chi connectivity index (χ1v) is 11.0. The minimum absolute atomic E-state index is 0.103. The lowest BCUT2D eigenvalue weighted by Gasteiger charge is -2.37. The Hall–Kier alpha value is -2.92. The van der Waals surface area contributed by atoms with Crippen molar-refractivity contribution in [1.82, 2.24) is 0 Å². The molecule has 0 spiro atoms. The topological polar surface area (TPSA) is 63.7 Å². The molecule has 5 nitrogen and oxygen atoms in total. The van der Waals surface area contributed by atoms with E-state index in [4.69, 9.17) is 16.3 Å². The second-order valence-corrected chi connectivity index (χ2v) is 9.32. The van der Waals surface area contributed by atoms with Crippen molar-refractivity contribution < 1.29 is 19.1 Å². The summed E-state index contributed by atoms with van der Waals surface area (Å²) in [6, 6.07) is 13.5. The van der Waals surface area contributed by atoms with E-state index in [1.807, 2.05) is 0 Å². The van der Waals surface area contributed by atoms with E-state index in [1.165, 1.54) is 4.90 Å². The maximum atomic E-state index is 13.3. The van der Waals surface area contributed by atoms with Gasteiger partial charge in [-0.1, -0.05) is 29.8 Å². The van der Waals surface area contributed by atoms with Crippen LogP contribution in [0.3, 0.4) is 0 Å². The van der Waals surface area contributed by atoms with Crippen molar-refractivity contribution in [3.8, 4) is 5.75 Å². The van der Waals surface area contributed by atoms with E-state index in [2.05, 4.69) is 12.2 Å². The fourth-order valence-electron chi connectivity index (χ4n) is 5.79. The molecule has 0 unspecified atom stereocenters. The number of carbonyl (C=O) groups is 3. The van der Waals surface area contributed by atoms with Gasteiger partial charge in [0.25, 0.3) is 0 Å². The summed E-state index contributed by atoms with van der Waals surface area (Å²) in [5.41, 5.74) is 1.02. The van der Waals surface area contributed by atoms with Gasteiger partial charge in [0.1, 0.15) is 5.75 Å². The average molecular weight is 434 g/mol. The number of halogens is 1. The molecule has 0 radical (unpaired) electrons. The van der Waals surface area contributed by atoms with Crippen LogP contribution < -0.4 is 9.64 Å². The predicted molar refractivity (Wildman–Crippen MR) is 115 cm³/mol. The third-order valence-corrected chi connectivity index (χ3v) is 7.53. The molecule has 2 aromatic rings. The highest BCUT2D eigenvalue weighted by molar-refractivity contribution is 6.30. The second-order valence-electron chi connectivity index (χ2n) is 8.88. The Labute approximate surface area is 184 Å². The maximum absolute atomic E-state index is 13.3. The molecule has 1 heterocycles. The van der Waals surface area contributed by atoms with Gasteiger partial charge >= 0.3 is 0 Å². The lowest BCUT2D eigenvalue weighted by Crippen LogP contribution is -2.40. The Kier molecular flexibility index (Phi) is 4.12. The predicted octanol–water partition coefficient (Wildman–Crippen LogP) is 4.16. The highest BCUT2D eigenvalue weighted by Crippen LogP contribution is 2.65. The number of ketones is 1. The molecule has 0 aromatic heterocycles. The van der Waals surface area contributed by atoms with Gasteiger partial charge in [0.15, 0.2) is 12.4 Å². The molecular formula is C25H20ClNO4. The van der Waals surface area contributed by atoms with Crippen molar-refractivity contribution in [3.05, 3.63) is 71.3 Å². The lowest BCUT2D eigenvalue weighted by atomic mass is 9.63. The normalized spacial score (nSPS) is 32.1. The highest BCUT2D eigenvalue weighted by Gasteiger charge is 2.67. The summed E-state index contributed by atoms with van der Waals surface area (Å²) in [5, 5.41) is 0.562. The minimum atomic E-state index is -0.234. The molecular weight excluding hydrogens is 414 g/mol. The Bertz CT molecular complexity index is 1100. The molecule has 1 saturated heterocycles. The van der Waals surface area contributed by atoms with Gasteiger partial charge in [-0.2, -0.15) is 0 Å². The molecule has 2 saturated carbocycles. The number of hydrogen-bond donors (Lipinski definition) is 0. The number of hydrogen-bond acceptors (Lipinski definition) is 4. The Morgan fingerprint density at radius 2 is 1.61 bits per heavy atom. The Morgan fingerprint density at radius 1 is 0.968 bits per heavy atom. The van der Waals surface area contributed by atoms with Gasteiger partial charge in [-0.25, -0.2) is 4.90 Å². The zero-order valence-corrected chi connectivity index (χ0v) is 17.4. The van der Waals surface area contributed by atoms with E-state index in [-0.39, 0.29) is 47.9 Å². The molecule has 3 fully saturated rings. The fourth-order valence-corrected chi connectivity index (χ4v) is 5.92. The van der Waals surface area contributed by atoms with Crippen molar-refractivity contribution in [2.24, 2.45) is 35.5 Å². The zero-order valence-electron chi connectivity index (χ0n) is 16.6. The first-order valence-electron chi connectivity index (χ1n) is 10.6. The van der Waals surface area contributed by atoms with Gasteiger partial charge < -0.3 is 4.74 Å². The number of anilines is 1. The average Bonchev–Trinajstić information content (AvgIpc) is 3.56. The standard InChI is InChI=1S/C25H20ClNO4/c26-14-6-4-13(5-7-14)21(28)12-31-16-3-1-2-15(10-16)27-24(29)22-17-8-9-18(20-11-19(17)20)23(22)25(27)30/h1-10,17-20,22-23H,11-12H2/t17-,18-,19-,20-,22-,23+/m0/s1. The smallest absolute Gasteiger partial charge is 0.238 e. The molecule has 31 heavy (non-hydrogen) atoms. The van der Waals surface area contributed by atoms with Crippen molar-refractivity contribution in [2.45, 2.75) is 6.42 Å². The van der Waals surface area contributed by atoms with Crippen LogP contribution >= 0.6 is 11.6 Å². The number of rotatable bonds is 5. The van der Waals surface area contributed by atoms with Crippen LogP contribution in [0.15, 0.2) is 60.7 Å². The highest BCUT2D eigenvalue weighted by atomic mass is 35.5. The molecule has 5 aliphatic rings. The quantitative estimate of drug-likeness (QED) is 0.403. The number of amides is 2. The number of Topliss-reactive ketones (excluding diaryl/α,β-unsaturated/α-hetero) is 1. The summed E-state index contributed by atoms with van der Waals surface area (Å²) in [6.07, 6.45) is 5.47. The first-order chi connectivity index (χ1) is 15.0. The van der Waals surface area contributed by atoms with Gasteiger partial charge in [-0.05, 0) is 66.5 Å². The van der Waals surface area contributed by atoms with E-state index in [0.29, 0.717) is 33.9 Å². The number of carbonyl (C=O) groups excluding carboxylic acids is 3. The summed E-state index contributed by atoms with van der Waals surface area (Å²) in [4.78, 5) is 40.2. The van der Waals surface area contributed by atoms with Crippen LogP contribution in [0.1, 0.15) is 16.8 Å². The molecule has 6 heteroatoms. The summed E-state index contributed by atoms with van der Waals surface area (Å²) in [6.45, 7) is -0.143. The molecule has 6 atom stereocenters. The fraction of sp³-hybridized carbons (Fsp3) is 0.320. The second kappa shape index (κ2) is 6.79. The monoisotopic (exact) mass is 433 g/mol. The van der Waals surface area contributed by atoms with Gasteiger partial charge in [0.05, 0.1) is 17.5 Å². The molecule has 0 N–H and O–H groups in total. The van der Waals surface area contributed by atoms with Crippen molar-refractivity contribution in [3.63, 3.8) is 0 Å². The molecule has 2 bridgehead atoms. The van der Waals surface area contributed by atoms with Crippen molar-refractivity contribution in [2.75, 3.05) is 11.5 Å². The number of ether oxygens (including phenoxy) is 1. The van der Waals surface area contributed by atoms with E-state index in [9.17, 15) is 14.4 Å². The summed E-state index contributed by atoms with van der Waals surface area (Å²) >= 11 is 5.86. The number of imide groups is 1. The number of benzene rings is 2. The lowest BCUT2D eigenvalue weighted by molar-refractivity contribution is -0.124. The van der Waals surface area contributed by atoms with E-state index >= 15 is 0 Å². The number of allylic oxidation sites excluding steroid dienone is 2. The van der Waals surface area contributed by atoms with Crippen LogP contribution in [0.4, 0.5) is 5.69 Å². The van der Waals surface area contributed by atoms with Crippen LogP contribution in [0.5, 0.6) is 5.75 Å². The first kappa shape index (κ1) is 18.8. The van der Waals surface area contributed by atoms with Crippen LogP contribution in [-0.2, 0) is 9.59 Å². The van der Waals surface area contributed by atoms with Crippen LogP contribution in [0.25, 0.3) is 0 Å². The van der Waals surface area contributed by atoms with E-state index in [1.54, 1.807) is 48.5 Å². The minimum Gasteiger partial charge on any atom is -0.485 e. The summed E-state index contributed by atoms with van der Waals surface area (Å²) in [7, 11) is 0. The third-order valence-electron chi connectivity index (χ3n) is 7.27. The molecule has 156 valence electrons. The summed E-state index contributed by atoms with van der Waals surface area (Å²) < 4.78 is 5.68. The number of nitrogens with zero attached hydrogens (tertiary/aromatic N) is 1. The molecule has 7 rings (SSSR count). The molecule has 2 aromatic carbocycles.